The maximum atomic E-state index is 10.2. The van der Waals surface area contributed by atoms with E-state index in [4.69, 9.17) is 10.8 Å². The molecule has 11 heavy (non-hydrogen) atoms. The zero-order chi connectivity index (χ0) is 7.56. The lowest BCUT2D eigenvalue weighted by molar-refractivity contribution is -0.129. The number of aliphatic carboxylic acids is 1. The van der Waals surface area contributed by atoms with E-state index in [0.717, 1.165) is 0 Å². The molecule has 3 N–H and O–H groups in total. The lowest BCUT2D eigenvalue weighted by Gasteiger charge is -2.03. The van der Waals surface area contributed by atoms with Gasteiger partial charge in [-0.25, -0.2) is 4.79 Å². The van der Waals surface area contributed by atoms with Crippen molar-refractivity contribution in [3.05, 3.63) is 0 Å². The number of thioether (sulfide) groups is 1. The smallest absolute Gasteiger partial charge is 0.353 e. The predicted octanol–water partition coefficient (Wildman–Crippen LogP) is -0.0897. The van der Waals surface area contributed by atoms with Gasteiger partial charge in [-0.2, -0.15) is 0 Å². The van der Waals surface area contributed by atoms with Crippen molar-refractivity contribution in [1.29, 1.82) is 0 Å². The minimum atomic E-state index is -1.04. The van der Waals surface area contributed by atoms with E-state index in [0.29, 0.717) is 10.9 Å². The van der Waals surface area contributed by atoms with Crippen LogP contribution in [0.1, 0.15) is 0 Å². The van der Waals surface area contributed by atoms with E-state index in [1.165, 1.54) is 11.8 Å². The number of hydrogen-bond donors (Lipinski definition) is 2. The van der Waals surface area contributed by atoms with Crippen molar-refractivity contribution in [2.45, 2.75) is 0 Å². The molecule has 7 heteroatoms. The van der Waals surface area contributed by atoms with Gasteiger partial charge in [0, 0.05) is 0 Å². The molecule has 0 saturated heterocycles. The lowest BCUT2D eigenvalue weighted by Crippen LogP contribution is -2.21. The van der Waals surface area contributed by atoms with Crippen LogP contribution < -0.4 is 5.73 Å². The van der Waals surface area contributed by atoms with Crippen LogP contribution in [0.25, 0.3) is 0 Å². The number of carboxylic acids is 1. The lowest BCUT2D eigenvalue weighted by atomic mass is 10.4. The van der Waals surface area contributed by atoms with Gasteiger partial charge in [0.2, 0.25) is 0 Å². The number of nitrogens with two attached hydrogens (primary N) is 1. The molecular formula is C4H6ClN3O2S. The summed E-state index contributed by atoms with van der Waals surface area (Å²) < 4.78 is 0. The third-order valence-corrected chi connectivity index (χ3v) is 1.67. The number of amidine groups is 1. The summed E-state index contributed by atoms with van der Waals surface area (Å²) in [6, 6.07) is 0. The van der Waals surface area contributed by atoms with Gasteiger partial charge in [0.1, 0.15) is 0 Å². The first-order valence-electron chi connectivity index (χ1n) is 2.46. The summed E-state index contributed by atoms with van der Waals surface area (Å²) in [5.74, 6) is -0.742. The molecule has 0 aromatic heterocycles. The van der Waals surface area contributed by atoms with Gasteiger partial charge in [-0.3, -0.25) is 0 Å². The van der Waals surface area contributed by atoms with Crippen LogP contribution in [0, 0.1) is 0 Å². The highest BCUT2D eigenvalue weighted by molar-refractivity contribution is 8.14. The van der Waals surface area contributed by atoms with Gasteiger partial charge < -0.3 is 10.8 Å². The fraction of sp³-hybridized carbons (Fsp3) is 0.250. The Morgan fingerprint density at radius 2 is 2.27 bits per heavy atom. The van der Waals surface area contributed by atoms with E-state index < -0.39 is 5.97 Å². The summed E-state index contributed by atoms with van der Waals surface area (Å²) in [6.07, 6.45) is 0. The van der Waals surface area contributed by atoms with E-state index in [2.05, 4.69) is 10.2 Å². The van der Waals surface area contributed by atoms with Gasteiger partial charge in [0.25, 0.3) is 0 Å². The normalized spacial score (nSPS) is 16.0. The molecule has 0 fully saturated rings. The van der Waals surface area contributed by atoms with Crippen LogP contribution in [0.4, 0.5) is 0 Å². The molecule has 1 aliphatic heterocycles. The Hall–Kier alpha value is -0.750. The minimum Gasteiger partial charge on any atom is -0.477 e. The zero-order valence-electron chi connectivity index (χ0n) is 5.35. The van der Waals surface area contributed by atoms with Crippen LogP contribution in [0.15, 0.2) is 10.2 Å². The Balaban J connectivity index is 0.000001000. The summed E-state index contributed by atoms with van der Waals surface area (Å²) in [4.78, 5) is 10.2. The molecule has 0 spiro atoms. The summed E-state index contributed by atoms with van der Waals surface area (Å²) in [7, 11) is 0. The SMILES string of the molecule is Cl.NC1=NN=C(C(=O)O)CS1. The van der Waals surface area contributed by atoms with E-state index in [1.54, 1.807) is 0 Å². The van der Waals surface area contributed by atoms with E-state index in [9.17, 15) is 4.79 Å². The summed E-state index contributed by atoms with van der Waals surface area (Å²) in [6.45, 7) is 0. The van der Waals surface area contributed by atoms with Gasteiger partial charge >= 0.3 is 5.97 Å². The maximum Gasteiger partial charge on any atom is 0.353 e. The molecule has 0 amide bonds. The molecule has 0 aromatic rings. The highest BCUT2D eigenvalue weighted by Gasteiger charge is 2.13. The molecule has 1 rings (SSSR count). The van der Waals surface area contributed by atoms with Crippen molar-refractivity contribution in [1.82, 2.24) is 0 Å². The first kappa shape index (κ1) is 10.2. The van der Waals surface area contributed by atoms with E-state index in [1.807, 2.05) is 0 Å². The quantitative estimate of drug-likeness (QED) is 0.612. The fourth-order valence-electron chi connectivity index (χ4n) is 0.414. The second-order valence-electron chi connectivity index (χ2n) is 1.58. The Bertz CT molecular complexity index is 227. The maximum absolute atomic E-state index is 10.2. The number of rotatable bonds is 1. The average molecular weight is 196 g/mol. The van der Waals surface area contributed by atoms with Gasteiger partial charge in [0.05, 0.1) is 5.75 Å². The van der Waals surface area contributed by atoms with Gasteiger partial charge in [-0.1, -0.05) is 11.8 Å². The minimum absolute atomic E-state index is 0. The topological polar surface area (TPSA) is 88.0 Å². The Kier molecular flexibility index (Phi) is 3.91. The number of hydrogen-bond acceptors (Lipinski definition) is 5. The molecule has 62 valence electrons. The third-order valence-electron chi connectivity index (χ3n) is 0.873. The van der Waals surface area contributed by atoms with E-state index in [-0.39, 0.29) is 18.1 Å². The molecule has 0 aliphatic carbocycles. The highest BCUT2D eigenvalue weighted by Crippen LogP contribution is 2.06. The third kappa shape index (κ3) is 2.77. The van der Waals surface area contributed by atoms with Gasteiger partial charge in [-0.05, 0) is 0 Å². The molecule has 1 heterocycles. The Morgan fingerprint density at radius 3 is 2.64 bits per heavy atom. The van der Waals surface area contributed by atoms with Crippen LogP contribution in [-0.2, 0) is 4.79 Å². The molecule has 0 atom stereocenters. The largest absolute Gasteiger partial charge is 0.477 e. The standard InChI is InChI=1S/C4H5N3O2S.ClH/c5-4-7-6-2(1-10-4)3(8)9;/h1H2,(H2,5,7)(H,8,9);1H. The molecule has 1 aliphatic rings. The van der Waals surface area contributed by atoms with Crippen LogP contribution in [0.3, 0.4) is 0 Å². The summed E-state index contributed by atoms with van der Waals surface area (Å²) >= 11 is 1.17. The second kappa shape index (κ2) is 4.20. The number of nitrogens with zero attached hydrogens (tertiary/aromatic N) is 2. The van der Waals surface area contributed by atoms with Crippen LogP contribution in [0.2, 0.25) is 0 Å². The van der Waals surface area contributed by atoms with Crippen molar-refractivity contribution in [2.75, 3.05) is 5.75 Å². The van der Waals surface area contributed by atoms with Crippen molar-refractivity contribution in [2.24, 2.45) is 15.9 Å². The molecule has 0 aromatic carbocycles. The molecule has 0 saturated carbocycles. The summed E-state index contributed by atoms with van der Waals surface area (Å²) in [5.41, 5.74) is 5.25. The number of carbonyl (C=O) groups is 1. The van der Waals surface area contributed by atoms with Crippen molar-refractivity contribution >= 4 is 41.0 Å². The molecular weight excluding hydrogens is 190 g/mol. The molecule has 5 nitrogen and oxygen atoms in total. The first-order valence-corrected chi connectivity index (χ1v) is 3.45. The predicted molar refractivity (Wildman–Crippen MR) is 46.4 cm³/mol. The van der Waals surface area contributed by atoms with Crippen LogP contribution in [0.5, 0.6) is 0 Å². The van der Waals surface area contributed by atoms with Crippen LogP contribution >= 0.6 is 24.2 Å². The van der Waals surface area contributed by atoms with Gasteiger partial charge in [0.15, 0.2) is 10.9 Å². The second-order valence-corrected chi connectivity index (χ2v) is 2.57. The van der Waals surface area contributed by atoms with Crippen molar-refractivity contribution < 1.29 is 9.90 Å². The monoisotopic (exact) mass is 195 g/mol. The Labute approximate surface area is 73.2 Å². The average Bonchev–Trinajstić information content (AvgIpc) is 1.88. The van der Waals surface area contributed by atoms with Crippen LogP contribution in [-0.4, -0.2) is 27.7 Å². The number of halogens is 1. The highest BCUT2D eigenvalue weighted by atomic mass is 35.5. The first-order chi connectivity index (χ1) is 4.70. The Morgan fingerprint density at radius 1 is 1.64 bits per heavy atom. The number of carboxylic acid groups (broad SMARTS) is 1. The van der Waals surface area contributed by atoms with Crippen molar-refractivity contribution in [3.8, 4) is 0 Å². The van der Waals surface area contributed by atoms with E-state index >= 15 is 0 Å². The summed E-state index contributed by atoms with van der Waals surface area (Å²) in [5, 5.41) is 15.4. The molecule has 0 bridgehead atoms. The van der Waals surface area contributed by atoms with Gasteiger partial charge in [-0.15, -0.1) is 22.6 Å². The van der Waals surface area contributed by atoms with Crippen molar-refractivity contribution in [3.63, 3.8) is 0 Å². The molecule has 0 radical (unpaired) electrons. The molecule has 0 unspecified atom stereocenters. The fourth-order valence-corrected chi connectivity index (χ4v) is 0.979. The zero-order valence-corrected chi connectivity index (χ0v) is 6.98.